The second-order valence-electron chi connectivity index (χ2n) is 8.56. The van der Waals surface area contributed by atoms with E-state index in [1.807, 2.05) is 0 Å². The van der Waals surface area contributed by atoms with Crippen LogP contribution >= 0.6 is 11.6 Å². The van der Waals surface area contributed by atoms with Crippen LogP contribution in [-0.4, -0.2) is 38.3 Å². The van der Waals surface area contributed by atoms with Crippen LogP contribution in [0.25, 0.3) is 0 Å². The molecule has 2 aliphatic rings. The smallest absolute Gasteiger partial charge is 0.360 e. The van der Waals surface area contributed by atoms with Gasteiger partial charge in [0.15, 0.2) is 6.23 Å². The fraction of sp³-hybridized carbons (Fsp3) is 0.391. The van der Waals surface area contributed by atoms with Gasteiger partial charge in [0.1, 0.15) is 22.4 Å². The van der Waals surface area contributed by atoms with Gasteiger partial charge in [-0.1, -0.05) is 11.6 Å². The van der Waals surface area contributed by atoms with Crippen molar-refractivity contribution in [2.75, 3.05) is 18.1 Å². The Morgan fingerprint density at radius 1 is 1.17 bits per heavy atom. The summed E-state index contributed by atoms with van der Waals surface area (Å²) in [7, 11) is 0. The quantitative estimate of drug-likeness (QED) is 0.375. The Balaban J connectivity index is 1.41. The lowest BCUT2D eigenvalue weighted by atomic mass is 10.0. The number of rotatable bonds is 4. The molecule has 1 atom stereocenters. The van der Waals surface area contributed by atoms with Gasteiger partial charge in [-0.2, -0.15) is 23.0 Å². The third kappa shape index (κ3) is 4.39. The van der Waals surface area contributed by atoms with Crippen LogP contribution in [0.4, 0.5) is 23.2 Å². The van der Waals surface area contributed by atoms with Gasteiger partial charge in [-0.05, 0) is 37.5 Å². The highest BCUT2D eigenvalue weighted by Crippen LogP contribution is 2.34. The van der Waals surface area contributed by atoms with Gasteiger partial charge < -0.3 is 14.2 Å². The Morgan fingerprint density at radius 2 is 1.97 bits per heavy atom. The number of fused-ring (bicyclic) bond motifs is 1. The van der Waals surface area contributed by atoms with Crippen molar-refractivity contribution >= 4 is 23.1 Å². The SMILES string of the molecule is O=C(c1ccc(F)cc1C(F)(F)F)c1cnc2n1CCN(c1cnn(C3CCCCO3)c(=O)c1Cl)C2. The molecule has 1 fully saturated rings. The zero-order valence-corrected chi connectivity index (χ0v) is 19.5. The molecule has 0 amide bonds. The van der Waals surface area contributed by atoms with Crippen molar-refractivity contribution in [3.8, 4) is 0 Å². The second-order valence-corrected chi connectivity index (χ2v) is 8.94. The number of aromatic nitrogens is 4. The number of halogens is 5. The first-order valence-corrected chi connectivity index (χ1v) is 11.6. The number of nitrogens with zero attached hydrogens (tertiary/aromatic N) is 5. The maximum Gasteiger partial charge on any atom is 0.417 e. The summed E-state index contributed by atoms with van der Waals surface area (Å²) < 4.78 is 62.1. The molecule has 0 N–H and O–H groups in total. The molecule has 0 aliphatic carbocycles. The summed E-state index contributed by atoms with van der Waals surface area (Å²) in [6.45, 7) is 1.18. The Hall–Kier alpha value is -3.25. The monoisotopic (exact) mass is 525 g/mol. The van der Waals surface area contributed by atoms with Crippen molar-refractivity contribution in [2.24, 2.45) is 0 Å². The lowest BCUT2D eigenvalue weighted by molar-refractivity contribution is -0.138. The number of carbonyl (C=O) groups is 1. The topological polar surface area (TPSA) is 82.2 Å². The van der Waals surface area contributed by atoms with Gasteiger partial charge in [0.25, 0.3) is 5.56 Å². The number of ether oxygens (including phenoxy) is 1. The van der Waals surface area contributed by atoms with E-state index in [4.69, 9.17) is 16.3 Å². The number of alkyl halides is 3. The highest BCUT2D eigenvalue weighted by atomic mass is 35.5. The normalized spacial score (nSPS) is 18.2. The summed E-state index contributed by atoms with van der Waals surface area (Å²) in [6, 6.07) is 1.94. The van der Waals surface area contributed by atoms with E-state index in [-0.39, 0.29) is 23.8 Å². The fourth-order valence-corrected chi connectivity index (χ4v) is 4.77. The second kappa shape index (κ2) is 9.32. The first kappa shape index (κ1) is 24.4. The fourth-order valence-electron chi connectivity index (χ4n) is 4.51. The van der Waals surface area contributed by atoms with Crippen LogP contribution in [0.2, 0.25) is 5.02 Å². The maximum atomic E-state index is 13.5. The van der Waals surface area contributed by atoms with E-state index in [9.17, 15) is 27.2 Å². The zero-order valence-electron chi connectivity index (χ0n) is 18.8. The number of imidazole rings is 1. The predicted molar refractivity (Wildman–Crippen MR) is 120 cm³/mol. The number of hydrogen-bond donors (Lipinski definition) is 0. The summed E-state index contributed by atoms with van der Waals surface area (Å²) in [5, 5.41) is 4.21. The molecule has 0 spiro atoms. The van der Waals surface area contributed by atoms with E-state index in [0.717, 1.165) is 25.0 Å². The van der Waals surface area contributed by atoms with Gasteiger partial charge in [0, 0.05) is 25.3 Å². The highest BCUT2D eigenvalue weighted by Gasteiger charge is 2.37. The lowest BCUT2D eigenvalue weighted by Gasteiger charge is -2.31. The number of carbonyl (C=O) groups excluding carboxylic acids is 1. The average molecular weight is 526 g/mol. The molecule has 3 aromatic rings. The zero-order chi connectivity index (χ0) is 25.6. The molecule has 5 rings (SSSR count). The van der Waals surface area contributed by atoms with Crippen LogP contribution in [0.3, 0.4) is 0 Å². The Morgan fingerprint density at radius 3 is 2.69 bits per heavy atom. The van der Waals surface area contributed by atoms with Gasteiger partial charge >= 0.3 is 6.18 Å². The van der Waals surface area contributed by atoms with E-state index >= 15 is 0 Å². The molecule has 13 heteroatoms. The van der Waals surface area contributed by atoms with Crippen molar-refractivity contribution in [3.05, 3.63) is 74.4 Å². The molecule has 190 valence electrons. The first-order valence-electron chi connectivity index (χ1n) is 11.2. The molecule has 0 saturated carbocycles. The van der Waals surface area contributed by atoms with E-state index < -0.39 is 40.7 Å². The van der Waals surface area contributed by atoms with Gasteiger partial charge in [-0.15, -0.1) is 0 Å². The van der Waals surface area contributed by atoms with Crippen molar-refractivity contribution in [3.63, 3.8) is 0 Å². The number of ketones is 1. The molecule has 1 aromatic carbocycles. The van der Waals surface area contributed by atoms with Crippen LogP contribution in [-0.2, 0) is 24.0 Å². The van der Waals surface area contributed by atoms with E-state index in [1.54, 1.807) is 4.90 Å². The number of benzene rings is 1. The molecule has 0 radical (unpaired) electrons. The van der Waals surface area contributed by atoms with E-state index in [0.29, 0.717) is 37.2 Å². The predicted octanol–water partition coefficient (Wildman–Crippen LogP) is 4.20. The van der Waals surface area contributed by atoms with Crippen molar-refractivity contribution < 1.29 is 27.1 Å². The molecular weight excluding hydrogens is 506 g/mol. The van der Waals surface area contributed by atoms with Crippen LogP contribution < -0.4 is 10.5 Å². The standard InChI is InChI=1S/C23H20ClF4N5O3/c24-20-16(11-30-33(22(20)35)19-3-1-2-8-36-19)31-6-7-32-17(10-29-18(32)12-31)21(34)14-5-4-13(25)9-15(14)23(26,27)28/h4-5,9-11,19H,1-3,6-8,12H2. The average Bonchev–Trinajstić information content (AvgIpc) is 3.28. The van der Waals surface area contributed by atoms with Crippen LogP contribution in [0.1, 0.15) is 52.9 Å². The molecule has 0 bridgehead atoms. The summed E-state index contributed by atoms with van der Waals surface area (Å²) in [5.41, 5.74) is -2.15. The molecular formula is C23H20ClF4N5O3. The minimum Gasteiger partial charge on any atom is -0.360 e. The third-order valence-electron chi connectivity index (χ3n) is 6.32. The molecule has 1 saturated heterocycles. The van der Waals surface area contributed by atoms with E-state index in [2.05, 4.69) is 10.1 Å². The van der Waals surface area contributed by atoms with Crippen LogP contribution in [0.5, 0.6) is 0 Å². The minimum atomic E-state index is -4.90. The molecule has 2 aromatic heterocycles. The molecule has 36 heavy (non-hydrogen) atoms. The summed E-state index contributed by atoms with van der Waals surface area (Å²) in [4.78, 5) is 31.8. The summed E-state index contributed by atoms with van der Waals surface area (Å²) in [5.74, 6) is -1.60. The summed E-state index contributed by atoms with van der Waals surface area (Å²) >= 11 is 6.40. The minimum absolute atomic E-state index is 0.0309. The van der Waals surface area contributed by atoms with Crippen LogP contribution in [0.15, 0.2) is 35.4 Å². The highest BCUT2D eigenvalue weighted by molar-refractivity contribution is 6.33. The van der Waals surface area contributed by atoms with Crippen LogP contribution in [0, 0.1) is 5.82 Å². The van der Waals surface area contributed by atoms with Gasteiger partial charge in [-0.25, -0.2) is 9.37 Å². The Kier molecular flexibility index (Phi) is 6.33. The van der Waals surface area contributed by atoms with Crippen molar-refractivity contribution in [2.45, 2.75) is 44.8 Å². The molecule has 2 aliphatic heterocycles. The summed E-state index contributed by atoms with van der Waals surface area (Å²) in [6.07, 6.45) is -0.216. The number of anilines is 1. The van der Waals surface area contributed by atoms with Gasteiger partial charge in [-0.3, -0.25) is 9.59 Å². The number of hydrogen-bond acceptors (Lipinski definition) is 6. The Bertz CT molecular complexity index is 1380. The van der Waals surface area contributed by atoms with Crippen molar-refractivity contribution in [1.29, 1.82) is 0 Å². The molecule has 8 nitrogen and oxygen atoms in total. The van der Waals surface area contributed by atoms with Gasteiger partial charge in [0.2, 0.25) is 5.78 Å². The largest absolute Gasteiger partial charge is 0.417 e. The maximum absolute atomic E-state index is 13.5. The third-order valence-corrected chi connectivity index (χ3v) is 6.68. The first-order chi connectivity index (χ1) is 17.1. The van der Waals surface area contributed by atoms with E-state index in [1.165, 1.54) is 21.6 Å². The van der Waals surface area contributed by atoms with Gasteiger partial charge in [0.05, 0.1) is 30.2 Å². The Labute approximate surface area is 207 Å². The lowest BCUT2D eigenvalue weighted by Crippen LogP contribution is -2.37. The van der Waals surface area contributed by atoms with Crippen molar-refractivity contribution in [1.82, 2.24) is 19.3 Å². The molecule has 4 heterocycles. The molecule has 1 unspecified atom stereocenters.